The zero-order valence-corrected chi connectivity index (χ0v) is 9.62. The average Bonchev–Trinajstić information content (AvgIpc) is 1.99. The zero-order chi connectivity index (χ0) is 11.6. The molecule has 1 atom stereocenters. The average molecular weight is 213 g/mol. The second kappa shape index (κ2) is 4.21. The Morgan fingerprint density at radius 2 is 2.13 bits per heavy atom. The van der Waals surface area contributed by atoms with Gasteiger partial charge >= 0.3 is 6.09 Å². The van der Waals surface area contributed by atoms with E-state index in [1.54, 1.807) is 0 Å². The highest BCUT2D eigenvalue weighted by Gasteiger charge is 2.32. The molecule has 1 N–H and O–H groups in total. The summed E-state index contributed by atoms with van der Waals surface area (Å²) in [5, 5.41) is 9.01. The molecule has 1 saturated heterocycles. The first-order chi connectivity index (χ1) is 6.79. The van der Waals surface area contributed by atoms with Crippen molar-refractivity contribution in [3.8, 4) is 0 Å². The summed E-state index contributed by atoms with van der Waals surface area (Å²) in [5.41, 5.74) is 0.0516. The molecule has 0 spiro atoms. The largest absolute Gasteiger partial charge is 0.465 e. The Balaban J connectivity index is 2.70. The van der Waals surface area contributed by atoms with E-state index in [1.807, 2.05) is 0 Å². The van der Waals surface area contributed by atoms with Gasteiger partial charge in [0.25, 0.3) is 0 Å². The maximum Gasteiger partial charge on any atom is 0.407 e. The molecule has 0 saturated carbocycles. The number of ketones is 1. The number of hydrogen-bond acceptors (Lipinski definition) is 2. The molecule has 86 valence electrons. The summed E-state index contributed by atoms with van der Waals surface area (Å²) in [6.45, 7) is 6.54. The monoisotopic (exact) mass is 213 g/mol. The fourth-order valence-electron chi connectivity index (χ4n) is 2.04. The molecule has 0 aromatic rings. The van der Waals surface area contributed by atoms with E-state index >= 15 is 0 Å². The van der Waals surface area contributed by atoms with Gasteiger partial charge in [-0.2, -0.15) is 0 Å². The highest BCUT2D eigenvalue weighted by Crippen LogP contribution is 2.28. The highest BCUT2D eigenvalue weighted by molar-refractivity contribution is 5.82. The van der Waals surface area contributed by atoms with Gasteiger partial charge in [-0.25, -0.2) is 4.79 Å². The quantitative estimate of drug-likeness (QED) is 0.726. The van der Waals surface area contributed by atoms with Gasteiger partial charge in [0.05, 0.1) is 0 Å². The predicted octanol–water partition coefficient (Wildman–Crippen LogP) is 2.13. The van der Waals surface area contributed by atoms with Crippen LogP contribution >= 0.6 is 0 Å². The topological polar surface area (TPSA) is 57.6 Å². The van der Waals surface area contributed by atoms with Crippen LogP contribution in [0.5, 0.6) is 0 Å². The van der Waals surface area contributed by atoms with E-state index in [-0.39, 0.29) is 17.2 Å². The first-order valence-corrected chi connectivity index (χ1v) is 5.31. The van der Waals surface area contributed by atoms with E-state index in [2.05, 4.69) is 20.8 Å². The van der Waals surface area contributed by atoms with Crippen LogP contribution in [0.25, 0.3) is 0 Å². The number of rotatable bonds is 1. The molecule has 4 nitrogen and oxygen atoms in total. The third kappa shape index (κ3) is 3.53. The lowest BCUT2D eigenvalue weighted by molar-refractivity contribution is -0.122. The van der Waals surface area contributed by atoms with Gasteiger partial charge in [0.15, 0.2) is 0 Å². The van der Waals surface area contributed by atoms with Crippen LogP contribution in [0.1, 0.15) is 40.0 Å². The minimum atomic E-state index is -0.906. The molecule has 15 heavy (non-hydrogen) atoms. The molecule has 0 unspecified atom stereocenters. The number of carboxylic acid groups (broad SMARTS) is 1. The molecular formula is C11H19NO3. The lowest BCUT2D eigenvalue weighted by Gasteiger charge is -2.36. The lowest BCUT2D eigenvalue weighted by Crippen LogP contribution is -2.47. The normalized spacial score (nSPS) is 23.0. The molecule has 1 aliphatic rings. The van der Waals surface area contributed by atoms with Crippen LogP contribution in [0.15, 0.2) is 0 Å². The van der Waals surface area contributed by atoms with Crippen LogP contribution in [-0.2, 0) is 4.79 Å². The third-order valence-corrected chi connectivity index (χ3v) is 2.63. The van der Waals surface area contributed by atoms with E-state index in [1.165, 1.54) is 4.90 Å². The Hall–Kier alpha value is -1.06. The number of amides is 1. The molecule has 1 aliphatic heterocycles. The van der Waals surface area contributed by atoms with E-state index in [0.717, 1.165) is 6.42 Å². The lowest BCUT2D eigenvalue weighted by atomic mass is 9.84. The standard InChI is InChI=1S/C11H19NO3/c1-11(2,3)7-8-6-9(13)4-5-12(8)10(14)15/h8H,4-7H2,1-3H3,(H,14,15)/t8-/m1/s1. The van der Waals surface area contributed by atoms with Gasteiger partial charge in [-0.3, -0.25) is 4.79 Å². The SMILES string of the molecule is CC(C)(C)C[C@H]1CC(=O)CCN1C(=O)O. The van der Waals surface area contributed by atoms with E-state index in [0.29, 0.717) is 19.4 Å². The number of hydrogen-bond donors (Lipinski definition) is 1. The van der Waals surface area contributed by atoms with Gasteiger partial charge in [0.1, 0.15) is 5.78 Å². The van der Waals surface area contributed by atoms with Gasteiger partial charge in [0.2, 0.25) is 0 Å². The van der Waals surface area contributed by atoms with E-state index in [4.69, 9.17) is 5.11 Å². The summed E-state index contributed by atoms with van der Waals surface area (Å²) in [5.74, 6) is 0.182. The summed E-state index contributed by atoms with van der Waals surface area (Å²) in [7, 11) is 0. The highest BCUT2D eigenvalue weighted by atomic mass is 16.4. The molecule has 1 amide bonds. The Bertz CT molecular complexity index is 267. The molecule has 0 bridgehead atoms. The summed E-state index contributed by atoms with van der Waals surface area (Å²) >= 11 is 0. The second-order valence-electron chi connectivity index (χ2n) is 5.39. The van der Waals surface area contributed by atoms with Crippen molar-refractivity contribution in [2.75, 3.05) is 6.54 Å². The van der Waals surface area contributed by atoms with Gasteiger partial charge in [-0.15, -0.1) is 0 Å². The smallest absolute Gasteiger partial charge is 0.407 e. The van der Waals surface area contributed by atoms with Crippen molar-refractivity contribution in [3.63, 3.8) is 0 Å². The molecular weight excluding hydrogens is 194 g/mol. The first kappa shape index (κ1) is 12.0. The summed E-state index contributed by atoms with van der Waals surface area (Å²) in [4.78, 5) is 23.7. The van der Waals surface area contributed by atoms with Gasteiger partial charge in [-0.05, 0) is 11.8 Å². The molecule has 1 fully saturated rings. The summed E-state index contributed by atoms with van der Waals surface area (Å²) in [6, 6.07) is -0.135. The maximum absolute atomic E-state index is 11.3. The Morgan fingerprint density at radius 1 is 1.53 bits per heavy atom. The Morgan fingerprint density at radius 3 is 2.60 bits per heavy atom. The Labute approximate surface area is 90.3 Å². The molecule has 1 rings (SSSR count). The molecule has 0 aliphatic carbocycles. The minimum Gasteiger partial charge on any atom is -0.465 e. The van der Waals surface area contributed by atoms with Gasteiger partial charge < -0.3 is 10.0 Å². The molecule has 1 heterocycles. The van der Waals surface area contributed by atoms with Crippen molar-refractivity contribution in [1.82, 2.24) is 4.90 Å². The predicted molar refractivity (Wildman–Crippen MR) is 56.8 cm³/mol. The summed E-state index contributed by atoms with van der Waals surface area (Å²) in [6.07, 6.45) is 0.582. The second-order valence-corrected chi connectivity index (χ2v) is 5.39. The van der Waals surface area contributed by atoms with Crippen molar-refractivity contribution in [3.05, 3.63) is 0 Å². The Kier molecular flexibility index (Phi) is 3.37. The maximum atomic E-state index is 11.3. The van der Waals surface area contributed by atoms with Crippen molar-refractivity contribution >= 4 is 11.9 Å². The van der Waals surface area contributed by atoms with Crippen molar-refractivity contribution < 1.29 is 14.7 Å². The van der Waals surface area contributed by atoms with Crippen LogP contribution < -0.4 is 0 Å². The van der Waals surface area contributed by atoms with Crippen LogP contribution in [0.3, 0.4) is 0 Å². The number of carbonyl (C=O) groups is 2. The van der Waals surface area contributed by atoms with Gasteiger partial charge in [0, 0.05) is 25.4 Å². The zero-order valence-electron chi connectivity index (χ0n) is 9.62. The first-order valence-electron chi connectivity index (χ1n) is 5.31. The minimum absolute atomic E-state index is 0.0516. The van der Waals surface area contributed by atoms with E-state index in [9.17, 15) is 9.59 Å². The number of likely N-dealkylation sites (tertiary alicyclic amines) is 1. The summed E-state index contributed by atoms with van der Waals surface area (Å²) < 4.78 is 0. The van der Waals surface area contributed by atoms with Crippen molar-refractivity contribution in [2.45, 2.75) is 46.1 Å². The fourth-order valence-corrected chi connectivity index (χ4v) is 2.04. The third-order valence-electron chi connectivity index (χ3n) is 2.63. The number of nitrogens with zero attached hydrogens (tertiary/aromatic N) is 1. The van der Waals surface area contributed by atoms with E-state index < -0.39 is 6.09 Å². The molecule has 4 heteroatoms. The van der Waals surface area contributed by atoms with Crippen LogP contribution in [0.2, 0.25) is 0 Å². The van der Waals surface area contributed by atoms with Crippen LogP contribution in [0, 0.1) is 5.41 Å². The molecule has 0 aromatic carbocycles. The van der Waals surface area contributed by atoms with Crippen LogP contribution in [0.4, 0.5) is 4.79 Å². The van der Waals surface area contributed by atoms with Crippen molar-refractivity contribution in [1.29, 1.82) is 0 Å². The molecule has 0 aromatic heterocycles. The fraction of sp³-hybridized carbons (Fsp3) is 0.818. The van der Waals surface area contributed by atoms with Gasteiger partial charge in [-0.1, -0.05) is 20.8 Å². The molecule has 0 radical (unpaired) electrons. The van der Waals surface area contributed by atoms with Crippen molar-refractivity contribution in [2.24, 2.45) is 5.41 Å². The van der Waals surface area contributed by atoms with Crippen LogP contribution in [-0.4, -0.2) is 34.5 Å². The number of piperidine rings is 1. The number of Topliss-reactive ketones (excluding diaryl/α,β-unsaturated/α-hetero) is 1. The number of carbonyl (C=O) groups excluding carboxylic acids is 1.